The largest absolute Gasteiger partial charge is 0.493 e. The molecule has 0 bridgehead atoms. The molecule has 0 N–H and O–H groups in total. The summed E-state index contributed by atoms with van der Waals surface area (Å²) < 4.78 is 18.4. The van der Waals surface area contributed by atoms with Gasteiger partial charge in [-0.3, -0.25) is 9.36 Å². The van der Waals surface area contributed by atoms with Crippen molar-refractivity contribution in [1.82, 2.24) is 9.55 Å². The van der Waals surface area contributed by atoms with Crippen molar-refractivity contribution in [2.45, 2.75) is 0 Å². The fraction of sp³-hybridized carbons (Fsp3) is 0.0667. The number of methoxy groups -OCH3 is 2. The molecule has 0 aliphatic rings. The van der Waals surface area contributed by atoms with Crippen molar-refractivity contribution in [1.29, 1.82) is 0 Å². The van der Waals surface area contributed by atoms with Crippen molar-refractivity contribution in [3.8, 4) is 28.7 Å². The highest BCUT2D eigenvalue weighted by molar-refractivity contribution is 6.30. The number of para-hydroxylation sites is 2. The summed E-state index contributed by atoms with van der Waals surface area (Å²) in [6.07, 6.45) is 3.65. The van der Waals surface area contributed by atoms with E-state index in [1.54, 1.807) is 55.2 Å². The van der Waals surface area contributed by atoms with Crippen LogP contribution in [0.3, 0.4) is 0 Å². The Balaban J connectivity index is 1.57. The molecule has 184 valence electrons. The summed E-state index contributed by atoms with van der Waals surface area (Å²) in [5.41, 5.74) is 1.89. The Morgan fingerprint density at radius 3 is 2.19 bits per heavy atom. The average Bonchev–Trinajstić information content (AvgIpc) is 2.93. The van der Waals surface area contributed by atoms with Gasteiger partial charge in [-0.15, -0.1) is 0 Å². The van der Waals surface area contributed by atoms with Crippen LogP contribution in [-0.2, 0) is 0 Å². The van der Waals surface area contributed by atoms with E-state index in [9.17, 15) is 4.79 Å². The maximum Gasteiger partial charge on any atom is 0.266 e. The molecule has 1 heterocycles. The minimum Gasteiger partial charge on any atom is -0.493 e. The maximum atomic E-state index is 13.6. The summed E-state index contributed by atoms with van der Waals surface area (Å²) in [6.45, 7) is 0. The molecule has 37 heavy (non-hydrogen) atoms. The zero-order chi connectivity index (χ0) is 25.8. The molecule has 7 heteroatoms. The van der Waals surface area contributed by atoms with Crippen LogP contribution in [0.15, 0.2) is 95.8 Å². The van der Waals surface area contributed by atoms with Gasteiger partial charge in [0.05, 0.1) is 30.8 Å². The Morgan fingerprint density at radius 1 is 0.784 bits per heavy atom. The average molecular weight is 511 g/mol. The number of fused-ring (bicyclic) bond motifs is 1. The summed E-state index contributed by atoms with van der Waals surface area (Å²) in [4.78, 5) is 18.4. The van der Waals surface area contributed by atoms with Crippen LogP contribution in [0.1, 0.15) is 11.4 Å². The maximum absolute atomic E-state index is 13.6. The number of hydrogen-bond donors (Lipinski definition) is 0. The van der Waals surface area contributed by atoms with Gasteiger partial charge in [0.1, 0.15) is 17.3 Å². The van der Waals surface area contributed by atoms with Gasteiger partial charge < -0.3 is 14.2 Å². The summed E-state index contributed by atoms with van der Waals surface area (Å²) in [5.74, 6) is 2.98. The van der Waals surface area contributed by atoms with Crippen LogP contribution in [0.4, 0.5) is 0 Å². The van der Waals surface area contributed by atoms with E-state index in [2.05, 4.69) is 0 Å². The van der Waals surface area contributed by atoms with Gasteiger partial charge >= 0.3 is 0 Å². The Kier molecular flexibility index (Phi) is 6.92. The topological polar surface area (TPSA) is 62.6 Å². The molecule has 0 unspecified atom stereocenters. The Hall–Kier alpha value is -4.55. The molecule has 1 aromatic heterocycles. The van der Waals surface area contributed by atoms with Crippen LogP contribution >= 0.6 is 11.6 Å². The lowest BCUT2D eigenvalue weighted by atomic mass is 10.1. The summed E-state index contributed by atoms with van der Waals surface area (Å²) >= 11 is 5.96. The standard InChI is InChI=1S/C30H23ClN2O4/c1-35-27-9-5-6-20(29(27)36-2)10-19-28-32-26-8-4-3-7-25(26)30(34)33(28)22-13-17-24(18-14-22)37-23-15-11-21(31)12-16-23/h3-19H,1-2H3. The zero-order valence-electron chi connectivity index (χ0n) is 20.2. The Labute approximate surface area is 219 Å². The smallest absolute Gasteiger partial charge is 0.266 e. The number of hydrogen-bond acceptors (Lipinski definition) is 5. The van der Waals surface area contributed by atoms with E-state index in [0.29, 0.717) is 50.4 Å². The van der Waals surface area contributed by atoms with Crippen LogP contribution in [0.2, 0.25) is 5.02 Å². The Bertz CT molecular complexity index is 1640. The van der Waals surface area contributed by atoms with Crippen molar-refractivity contribution >= 4 is 34.7 Å². The van der Waals surface area contributed by atoms with E-state index in [1.165, 1.54) is 0 Å². The van der Waals surface area contributed by atoms with Crippen molar-refractivity contribution < 1.29 is 14.2 Å². The number of rotatable bonds is 7. The van der Waals surface area contributed by atoms with Gasteiger partial charge in [-0.2, -0.15) is 0 Å². The molecule has 6 nitrogen and oxygen atoms in total. The first-order valence-corrected chi connectivity index (χ1v) is 11.9. The van der Waals surface area contributed by atoms with Crippen molar-refractivity contribution in [3.05, 3.63) is 118 Å². The number of nitrogens with zero attached hydrogens (tertiary/aromatic N) is 2. The molecule has 4 aromatic carbocycles. The number of benzene rings is 4. The minimum absolute atomic E-state index is 0.172. The summed E-state index contributed by atoms with van der Waals surface area (Å²) in [6, 6.07) is 27.3. The van der Waals surface area contributed by atoms with Gasteiger partial charge in [0.25, 0.3) is 5.56 Å². The number of halogens is 1. The molecular formula is C30H23ClN2O4. The summed E-state index contributed by atoms with van der Waals surface area (Å²) in [7, 11) is 3.18. The number of ether oxygens (including phenoxy) is 3. The van der Waals surface area contributed by atoms with E-state index >= 15 is 0 Å². The summed E-state index contributed by atoms with van der Waals surface area (Å²) in [5, 5.41) is 1.16. The van der Waals surface area contributed by atoms with Crippen LogP contribution < -0.4 is 19.8 Å². The van der Waals surface area contributed by atoms with E-state index in [4.69, 9.17) is 30.8 Å². The van der Waals surface area contributed by atoms with E-state index in [-0.39, 0.29) is 5.56 Å². The van der Waals surface area contributed by atoms with E-state index in [1.807, 2.05) is 66.7 Å². The lowest BCUT2D eigenvalue weighted by Crippen LogP contribution is -2.22. The Morgan fingerprint density at radius 2 is 1.49 bits per heavy atom. The van der Waals surface area contributed by atoms with Gasteiger partial charge in [-0.25, -0.2) is 4.98 Å². The monoisotopic (exact) mass is 510 g/mol. The van der Waals surface area contributed by atoms with Crippen LogP contribution in [0.5, 0.6) is 23.0 Å². The first kappa shape index (κ1) is 24.2. The van der Waals surface area contributed by atoms with Gasteiger partial charge in [-0.05, 0) is 78.9 Å². The predicted molar refractivity (Wildman–Crippen MR) is 147 cm³/mol. The fourth-order valence-electron chi connectivity index (χ4n) is 4.02. The molecule has 5 aromatic rings. The predicted octanol–water partition coefficient (Wildman–Crippen LogP) is 7.02. The molecule has 0 atom stereocenters. The van der Waals surface area contributed by atoms with Crippen LogP contribution in [0.25, 0.3) is 28.7 Å². The van der Waals surface area contributed by atoms with Gasteiger partial charge in [0.2, 0.25) is 0 Å². The second-order valence-corrected chi connectivity index (χ2v) is 8.53. The molecular weight excluding hydrogens is 488 g/mol. The molecule has 0 fully saturated rings. The minimum atomic E-state index is -0.172. The molecule has 0 amide bonds. The highest BCUT2D eigenvalue weighted by Gasteiger charge is 2.13. The third-order valence-corrected chi connectivity index (χ3v) is 6.04. The third kappa shape index (κ3) is 5.06. The van der Waals surface area contributed by atoms with Crippen molar-refractivity contribution in [3.63, 3.8) is 0 Å². The van der Waals surface area contributed by atoms with Crippen LogP contribution in [0, 0.1) is 0 Å². The van der Waals surface area contributed by atoms with Gasteiger partial charge in [0.15, 0.2) is 11.5 Å². The fourth-order valence-corrected chi connectivity index (χ4v) is 4.15. The zero-order valence-corrected chi connectivity index (χ0v) is 21.0. The third-order valence-electron chi connectivity index (χ3n) is 5.79. The molecule has 0 aliphatic heterocycles. The molecule has 0 aliphatic carbocycles. The molecule has 0 spiro atoms. The lowest BCUT2D eigenvalue weighted by Gasteiger charge is -2.13. The highest BCUT2D eigenvalue weighted by Crippen LogP contribution is 2.32. The van der Waals surface area contributed by atoms with Gasteiger partial charge in [-0.1, -0.05) is 35.9 Å². The quantitative estimate of drug-likeness (QED) is 0.235. The van der Waals surface area contributed by atoms with Crippen molar-refractivity contribution in [2.24, 2.45) is 0 Å². The second-order valence-electron chi connectivity index (χ2n) is 8.09. The number of aromatic nitrogens is 2. The van der Waals surface area contributed by atoms with Crippen LogP contribution in [-0.4, -0.2) is 23.8 Å². The molecule has 5 rings (SSSR count). The van der Waals surface area contributed by atoms with E-state index in [0.717, 1.165) is 5.56 Å². The van der Waals surface area contributed by atoms with Crippen molar-refractivity contribution in [2.75, 3.05) is 14.2 Å². The first-order valence-electron chi connectivity index (χ1n) is 11.5. The molecule has 0 saturated carbocycles. The van der Waals surface area contributed by atoms with E-state index < -0.39 is 0 Å². The SMILES string of the molecule is COc1cccc(C=Cc2nc3ccccc3c(=O)n2-c2ccc(Oc3ccc(Cl)cc3)cc2)c1OC. The second kappa shape index (κ2) is 10.6. The highest BCUT2D eigenvalue weighted by atomic mass is 35.5. The molecule has 0 radical (unpaired) electrons. The van der Waals surface area contributed by atoms with Gasteiger partial charge in [0, 0.05) is 10.6 Å². The normalized spacial score (nSPS) is 11.1. The lowest BCUT2D eigenvalue weighted by molar-refractivity contribution is 0.354. The molecule has 0 saturated heterocycles. The first-order chi connectivity index (χ1) is 18.1.